The van der Waals surface area contributed by atoms with E-state index in [2.05, 4.69) is 42.3 Å². The van der Waals surface area contributed by atoms with Gasteiger partial charge in [-0.3, -0.25) is 0 Å². The van der Waals surface area contributed by atoms with Gasteiger partial charge >= 0.3 is 0 Å². The molecule has 0 fully saturated rings. The van der Waals surface area contributed by atoms with Gasteiger partial charge in [0, 0.05) is 46.1 Å². The number of nitrogens with zero attached hydrogens (tertiary/aromatic N) is 1. The van der Waals surface area contributed by atoms with Gasteiger partial charge in [0.15, 0.2) is 0 Å². The van der Waals surface area contributed by atoms with Crippen molar-refractivity contribution < 1.29 is 9.47 Å². The Morgan fingerprint density at radius 1 is 1.15 bits per heavy atom. The summed E-state index contributed by atoms with van der Waals surface area (Å²) in [7, 11) is 3.47. The van der Waals surface area contributed by atoms with E-state index in [1.807, 2.05) is 0 Å². The molecule has 4 nitrogen and oxygen atoms in total. The Kier molecular flexibility index (Phi) is 8.26. The number of benzene rings is 1. The van der Waals surface area contributed by atoms with Crippen LogP contribution in [0.5, 0.6) is 0 Å². The molecule has 1 aromatic carbocycles. The van der Waals surface area contributed by atoms with E-state index in [-0.39, 0.29) is 0 Å². The van der Waals surface area contributed by atoms with Crippen LogP contribution in [0.15, 0.2) is 18.2 Å². The largest absolute Gasteiger partial charge is 0.383 e. The average Bonchev–Trinajstić information content (AvgIpc) is 2.46. The summed E-state index contributed by atoms with van der Waals surface area (Å²) in [5, 5.41) is 3.42. The third-order valence-corrected chi connectivity index (χ3v) is 3.32. The number of aryl methyl sites for hydroxylation is 1. The quantitative estimate of drug-likeness (QED) is 0.666. The van der Waals surface area contributed by atoms with Gasteiger partial charge in [-0.05, 0) is 25.5 Å². The fourth-order valence-corrected chi connectivity index (χ4v) is 2.21. The van der Waals surface area contributed by atoms with Gasteiger partial charge in [-0.25, -0.2) is 0 Å². The number of methoxy groups -OCH3 is 2. The highest BCUT2D eigenvalue weighted by Crippen LogP contribution is 2.21. The summed E-state index contributed by atoms with van der Waals surface area (Å²) in [6.07, 6.45) is 0. The third-order valence-electron chi connectivity index (χ3n) is 3.32. The molecule has 1 rings (SSSR count). The lowest BCUT2D eigenvalue weighted by Crippen LogP contribution is -2.29. The van der Waals surface area contributed by atoms with Crippen molar-refractivity contribution in [1.82, 2.24) is 5.32 Å². The fourth-order valence-electron chi connectivity index (χ4n) is 2.21. The Hall–Kier alpha value is -1.10. The predicted octanol–water partition coefficient (Wildman–Crippen LogP) is 2.20. The molecule has 1 N–H and O–H groups in total. The standard InChI is InChI=1S/C16H28N2O2/c1-5-18(9-11-20-4)16-7-6-14(2)12-15(16)13-17-8-10-19-3/h6-7,12,17H,5,8-11,13H2,1-4H3. The zero-order valence-electron chi connectivity index (χ0n) is 13.2. The van der Waals surface area contributed by atoms with E-state index < -0.39 is 0 Å². The molecule has 4 heteroatoms. The van der Waals surface area contributed by atoms with Crippen molar-refractivity contribution >= 4 is 5.69 Å². The van der Waals surface area contributed by atoms with Gasteiger partial charge in [0.25, 0.3) is 0 Å². The molecule has 0 aliphatic carbocycles. The molecule has 0 heterocycles. The topological polar surface area (TPSA) is 33.7 Å². The lowest BCUT2D eigenvalue weighted by atomic mass is 10.1. The summed E-state index contributed by atoms with van der Waals surface area (Å²) >= 11 is 0. The molecule has 0 amide bonds. The molecule has 0 aliphatic heterocycles. The minimum atomic E-state index is 0.738. The maximum absolute atomic E-state index is 5.20. The van der Waals surface area contributed by atoms with Crippen LogP contribution in [-0.4, -0.2) is 47.1 Å². The molecule has 0 bridgehead atoms. The van der Waals surface area contributed by atoms with Gasteiger partial charge in [0.05, 0.1) is 13.2 Å². The van der Waals surface area contributed by atoms with Gasteiger partial charge in [-0.15, -0.1) is 0 Å². The van der Waals surface area contributed by atoms with Gasteiger partial charge in [-0.1, -0.05) is 17.7 Å². The predicted molar refractivity (Wildman–Crippen MR) is 84.5 cm³/mol. The molecule has 0 unspecified atom stereocenters. The van der Waals surface area contributed by atoms with E-state index in [1.54, 1.807) is 14.2 Å². The first-order valence-corrected chi connectivity index (χ1v) is 7.26. The van der Waals surface area contributed by atoms with Crippen LogP contribution in [-0.2, 0) is 16.0 Å². The van der Waals surface area contributed by atoms with Crippen molar-refractivity contribution in [2.45, 2.75) is 20.4 Å². The summed E-state index contributed by atoms with van der Waals surface area (Å²) in [6, 6.07) is 6.63. The zero-order valence-corrected chi connectivity index (χ0v) is 13.2. The van der Waals surface area contributed by atoms with E-state index in [1.165, 1.54) is 16.8 Å². The summed E-state index contributed by atoms with van der Waals surface area (Å²) in [5.41, 5.74) is 3.92. The minimum absolute atomic E-state index is 0.738. The van der Waals surface area contributed by atoms with Crippen LogP contribution in [0.1, 0.15) is 18.1 Å². The number of hydrogen-bond acceptors (Lipinski definition) is 4. The maximum Gasteiger partial charge on any atom is 0.0637 e. The normalized spacial score (nSPS) is 10.8. The highest BCUT2D eigenvalue weighted by molar-refractivity contribution is 5.55. The number of likely N-dealkylation sites (N-methyl/N-ethyl adjacent to an activating group) is 1. The van der Waals surface area contributed by atoms with E-state index >= 15 is 0 Å². The summed E-state index contributed by atoms with van der Waals surface area (Å²) in [5.74, 6) is 0. The second kappa shape index (κ2) is 9.75. The number of ether oxygens (including phenoxy) is 2. The summed E-state index contributed by atoms with van der Waals surface area (Å²) in [6.45, 7) is 9.43. The Morgan fingerprint density at radius 3 is 2.55 bits per heavy atom. The molecule has 0 spiro atoms. The first kappa shape index (κ1) is 17.0. The molecule has 0 aliphatic rings. The molecule has 0 atom stereocenters. The Bertz CT molecular complexity index is 383. The molecule has 1 aromatic rings. The summed E-state index contributed by atoms with van der Waals surface area (Å²) < 4.78 is 10.3. The number of nitrogens with one attached hydrogen (secondary N) is 1. The first-order chi connectivity index (χ1) is 9.72. The molecular weight excluding hydrogens is 252 g/mol. The highest BCUT2D eigenvalue weighted by Gasteiger charge is 2.09. The molecule has 20 heavy (non-hydrogen) atoms. The molecule has 0 saturated carbocycles. The van der Waals surface area contributed by atoms with Crippen LogP contribution in [0.25, 0.3) is 0 Å². The Labute approximate surface area is 123 Å². The SMILES string of the molecule is CCN(CCOC)c1ccc(C)cc1CNCCOC. The Morgan fingerprint density at radius 2 is 1.90 bits per heavy atom. The van der Waals surface area contributed by atoms with Crippen molar-refractivity contribution in [3.63, 3.8) is 0 Å². The van der Waals surface area contributed by atoms with Crippen LogP contribution >= 0.6 is 0 Å². The van der Waals surface area contributed by atoms with Crippen LogP contribution in [0.3, 0.4) is 0 Å². The second-order valence-corrected chi connectivity index (χ2v) is 4.87. The highest BCUT2D eigenvalue weighted by atomic mass is 16.5. The van der Waals surface area contributed by atoms with E-state index in [4.69, 9.17) is 9.47 Å². The van der Waals surface area contributed by atoms with Gasteiger partial charge in [-0.2, -0.15) is 0 Å². The van der Waals surface area contributed by atoms with Crippen LogP contribution in [0.4, 0.5) is 5.69 Å². The van der Waals surface area contributed by atoms with Crippen molar-refractivity contribution in [2.24, 2.45) is 0 Å². The molecular formula is C16H28N2O2. The smallest absolute Gasteiger partial charge is 0.0637 e. The third kappa shape index (κ3) is 5.49. The average molecular weight is 280 g/mol. The van der Waals surface area contributed by atoms with Crippen LogP contribution < -0.4 is 10.2 Å². The van der Waals surface area contributed by atoms with Crippen LogP contribution in [0, 0.1) is 6.92 Å². The maximum atomic E-state index is 5.20. The number of rotatable bonds is 10. The van der Waals surface area contributed by atoms with E-state index in [0.29, 0.717) is 0 Å². The molecule has 114 valence electrons. The number of hydrogen-bond donors (Lipinski definition) is 1. The van der Waals surface area contributed by atoms with E-state index in [9.17, 15) is 0 Å². The van der Waals surface area contributed by atoms with Crippen molar-refractivity contribution in [2.75, 3.05) is 52.0 Å². The number of anilines is 1. The lowest BCUT2D eigenvalue weighted by molar-refractivity contribution is 0.199. The molecule has 0 aromatic heterocycles. The second-order valence-electron chi connectivity index (χ2n) is 4.87. The van der Waals surface area contributed by atoms with Crippen molar-refractivity contribution in [3.8, 4) is 0 Å². The monoisotopic (exact) mass is 280 g/mol. The van der Waals surface area contributed by atoms with Crippen molar-refractivity contribution in [1.29, 1.82) is 0 Å². The molecule has 0 radical (unpaired) electrons. The minimum Gasteiger partial charge on any atom is -0.383 e. The first-order valence-electron chi connectivity index (χ1n) is 7.26. The Balaban J connectivity index is 2.76. The fraction of sp³-hybridized carbons (Fsp3) is 0.625. The molecule has 0 saturated heterocycles. The van der Waals surface area contributed by atoms with E-state index in [0.717, 1.165) is 39.4 Å². The van der Waals surface area contributed by atoms with Gasteiger partial charge in [0.2, 0.25) is 0 Å². The summed E-state index contributed by atoms with van der Waals surface area (Å²) in [4.78, 5) is 2.36. The van der Waals surface area contributed by atoms with Gasteiger partial charge < -0.3 is 19.7 Å². The zero-order chi connectivity index (χ0) is 14.8. The lowest BCUT2D eigenvalue weighted by Gasteiger charge is -2.26. The van der Waals surface area contributed by atoms with Crippen LogP contribution in [0.2, 0.25) is 0 Å². The van der Waals surface area contributed by atoms with Gasteiger partial charge in [0.1, 0.15) is 0 Å². The van der Waals surface area contributed by atoms with Crippen molar-refractivity contribution in [3.05, 3.63) is 29.3 Å².